The molecule has 0 amide bonds. The number of rotatable bonds is 7. The van der Waals surface area contributed by atoms with Crippen LogP contribution in [0.2, 0.25) is 0 Å². The number of ether oxygens (including phenoxy) is 1. The van der Waals surface area contributed by atoms with Crippen LogP contribution in [0.25, 0.3) is 0 Å². The molecule has 3 nitrogen and oxygen atoms in total. The van der Waals surface area contributed by atoms with E-state index in [1.54, 1.807) is 0 Å². The van der Waals surface area contributed by atoms with Gasteiger partial charge < -0.3 is 15.0 Å². The summed E-state index contributed by atoms with van der Waals surface area (Å²) in [4.78, 5) is 2.67. The van der Waals surface area contributed by atoms with Crippen LogP contribution in [0.3, 0.4) is 0 Å². The van der Waals surface area contributed by atoms with E-state index >= 15 is 0 Å². The zero-order valence-electron chi connectivity index (χ0n) is 14.4. The van der Waals surface area contributed by atoms with E-state index in [1.165, 1.54) is 58.0 Å². The van der Waals surface area contributed by atoms with E-state index in [9.17, 15) is 0 Å². The maximum Gasteiger partial charge on any atom is 0.0698 e. The van der Waals surface area contributed by atoms with Gasteiger partial charge in [0, 0.05) is 26.2 Å². The molecule has 0 spiro atoms. The number of piperidine rings is 1. The van der Waals surface area contributed by atoms with E-state index in [0.29, 0.717) is 6.10 Å². The van der Waals surface area contributed by atoms with Crippen molar-refractivity contribution in [2.45, 2.75) is 70.9 Å². The Morgan fingerprint density at radius 2 is 2.05 bits per heavy atom. The van der Waals surface area contributed by atoms with Crippen molar-refractivity contribution in [2.75, 3.05) is 33.3 Å². The Hall–Kier alpha value is -0.120. The van der Waals surface area contributed by atoms with Crippen LogP contribution in [-0.4, -0.2) is 50.3 Å². The molecule has 2 fully saturated rings. The van der Waals surface area contributed by atoms with Gasteiger partial charge in [-0.2, -0.15) is 0 Å². The van der Waals surface area contributed by atoms with E-state index in [0.717, 1.165) is 31.0 Å². The molecule has 0 aromatic heterocycles. The average molecular weight is 296 g/mol. The van der Waals surface area contributed by atoms with Crippen molar-refractivity contribution in [3.63, 3.8) is 0 Å². The molecular weight excluding hydrogens is 260 g/mol. The van der Waals surface area contributed by atoms with E-state index in [4.69, 9.17) is 4.74 Å². The predicted octanol–water partition coefficient (Wildman–Crippen LogP) is 3.29. The van der Waals surface area contributed by atoms with Gasteiger partial charge in [0.1, 0.15) is 0 Å². The fourth-order valence-electron chi connectivity index (χ4n) is 4.47. The Bertz CT molecular complexity index is 284. The number of methoxy groups -OCH3 is 1. The largest absolute Gasteiger partial charge is 0.380 e. The van der Waals surface area contributed by atoms with Gasteiger partial charge in [0.2, 0.25) is 0 Å². The van der Waals surface area contributed by atoms with Crippen molar-refractivity contribution in [2.24, 2.45) is 11.8 Å². The van der Waals surface area contributed by atoms with Crippen LogP contribution < -0.4 is 5.32 Å². The first-order valence-electron chi connectivity index (χ1n) is 9.25. The second-order valence-corrected chi connectivity index (χ2v) is 7.15. The summed E-state index contributed by atoms with van der Waals surface area (Å²) in [5.41, 5.74) is 0. The third-order valence-corrected chi connectivity index (χ3v) is 5.54. The summed E-state index contributed by atoms with van der Waals surface area (Å²) in [5, 5.41) is 3.75. The van der Waals surface area contributed by atoms with Gasteiger partial charge >= 0.3 is 0 Å². The summed E-state index contributed by atoms with van der Waals surface area (Å²) >= 11 is 0. The molecule has 124 valence electrons. The second-order valence-electron chi connectivity index (χ2n) is 7.15. The zero-order valence-corrected chi connectivity index (χ0v) is 14.4. The van der Waals surface area contributed by atoms with Gasteiger partial charge in [-0.05, 0) is 57.0 Å². The molecule has 4 unspecified atom stereocenters. The topological polar surface area (TPSA) is 24.5 Å². The summed E-state index contributed by atoms with van der Waals surface area (Å²) < 4.78 is 5.59. The van der Waals surface area contributed by atoms with Crippen LogP contribution in [0, 0.1) is 11.8 Å². The molecule has 0 aromatic rings. The summed E-state index contributed by atoms with van der Waals surface area (Å²) in [7, 11) is 1.87. The summed E-state index contributed by atoms with van der Waals surface area (Å²) in [5.74, 6) is 1.81. The van der Waals surface area contributed by atoms with E-state index in [-0.39, 0.29) is 0 Å². The Balaban J connectivity index is 1.88. The van der Waals surface area contributed by atoms with Crippen molar-refractivity contribution < 1.29 is 4.74 Å². The van der Waals surface area contributed by atoms with Gasteiger partial charge in [0.25, 0.3) is 0 Å². The van der Waals surface area contributed by atoms with Crippen LogP contribution in [0.1, 0.15) is 58.8 Å². The highest BCUT2D eigenvalue weighted by Gasteiger charge is 2.32. The third kappa shape index (κ3) is 5.22. The third-order valence-electron chi connectivity index (χ3n) is 5.54. The van der Waals surface area contributed by atoms with Gasteiger partial charge in [-0.25, -0.2) is 0 Å². The van der Waals surface area contributed by atoms with Gasteiger partial charge in [0.05, 0.1) is 6.10 Å². The first kappa shape index (κ1) is 17.2. The Morgan fingerprint density at radius 3 is 2.76 bits per heavy atom. The van der Waals surface area contributed by atoms with E-state index in [2.05, 4.69) is 24.1 Å². The normalized spacial score (nSPS) is 35.0. The number of nitrogens with zero attached hydrogens (tertiary/aromatic N) is 1. The molecule has 1 heterocycles. The first-order valence-corrected chi connectivity index (χ1v) is 9.25. The summed E-state index contributed by atoms with van der Waals surface area (Å²) in [6, 6.07) is 0.742. The highest BCUT2D eigenvalue weighted by molar-refractivity contribution is 4.87. The molecule has 0 radical (unpaired) electrons. The average Bonchev–Trinajstić information content (AvgIpc) is 2.50. The van der Waals surface area contributed by atoms with E-state index in [1.807, 2.05) is 7.11 Å². The molecular formula is C18H36N2O. The highest BCUT2D eigenvalue weighted by atomic mass is 16.5. The van der Waals surface area contributed by atoms with Crippen LogP contribution in [-0.2, 0) is 4.74 Å². The minimum Gasteiger partial charge on any atom is -0.380 e. The second kappa shape index (κ2) is 9.12. The lowest BCUT2D eigenvalue weighted by Crippen LogP contribution is -2.48. The number of nitrogens with one attached hydrogen (secondary N) is 1. The van der Waals surface area contributed by atoms with Gasteiger partial charge in [-0.1, -0.05) is 26.7 Å². The van der Waals surface area contributed by atoms with Gasteiger partial charge in [-0.15, -0.1) is 0 Å². The lowest BCUT2D eigenvalue weighted by atomic mass is 9.76. The number of hydrogen-bond acceptors (Lipinski definition) is 3. The van der Waals surface area contributed by atoms with Gasteiger partial charge in [0.15, 0.2) is 0 Å². The molecule has 21 heavy (non-hydrogen) atoms. The Kier molecular flexibility index (Phi) is 7.48. The fraction of sp³-hybridized carbons (Fsp3) is 1.00. The summed E-state index contributed by atoms with van der Waals surface area (Å²) in [6.07, 6.45) is 10.0. The van der Waals surface area contributed by atoms with Crippen molar-refractivity contribution in [1.29, 1.82) is 0 Å². The lowest BCUT2D eigenvalue weighted by Gasteiger charge is -2.41. The molecule has 4 atom stereocenters. The van der Waals surface area contributed by atoms with Gasteiger partial charge in [-0.3, -0.25) is 0 Å². The molecule has 0 bridgehead atoms. The van der Waals surface area contributed by atoms with Crippen LogP contribution in [0.15, 0.2) is 0 Å². The molecule has 2 aliphatic rings. The van der Waals surface area contributed by atoms with Crippen LogP contribution in [0.4, 0.5) is 0 Å². The predicted molar refractivity (Wildman–Crippen MR) is 89.7 cm³/mol. The molecule has 2 rings (SSSR count). The van der Waals surface area contributed by atoms with Crippen molar-refractivity contribution in [1.82, 2.24) is 10.2 Å². The molecule has 3 heteroatoms. The number of likely N-dealkylation sites (tertiary alicyclic amines) is 1. The summed E-state index contributed by atoms with van der Waals surface area (Å²) in [6.45, 7) is 9.38. The maximum absolute atomic E-state index is 5.59. The van der Waals surface area contributed by atoms with Crippen LogP contribution in [0.5, 0.6) is 0 Å². The first-order chi connectivity index (χ1) is 10.3. The van der Waals surface area contributed by atoms with Crippen molar-refractivity contribution in [3.8, 4) is 0 Å². The molecule has 1 saturated carbocycles. The molecule has 0 aromatic carbocycles. The minimum atomic E-state index is 0.464. The minimum absolute atomic E-state index is 0.464. The molecule has 1 aliphatic heterocycles. The Labute approximate surface area is 131 Å². The Morgan fingerprint density at radius 1 is 1.19 bits per heavy atom. The monoisotopic (exact) mass is 296 g/mol. The number of hydrogen-bond donors (Lipinski definition) is 1. The SMILES string of the molecule is CCCC1CCC(NCC)C(CN2CCCC(OC)C2)C1. The molecule has 1 aliphatic carbocycles. The highest BCUT2D eigenvalue weighted by Crippen LogP contribution is 2.33. The standard InChI is InChI=1S/C18H36N2O/c1-4-7-15-9-10-18(19-5-2)16(12-15)13-20-11-6-8-17(14-20)21-3/h15-19H,4-14H2,1-3H3. The maximum atomic E-state index is 5.59. The fourth-order valence-corrected chi connectivity index (χ4v) is 4.47. The lowest BCUT2D eigenvalue weighted by molar-refractivity contribution is 0.0183. The molecule has 1 saturated heterocycles. The van der Waals surface area contributed by atoms with E-state index < -0.39 is 0 Å². The zero-order chi connectivity index (χ0) is 15.1. The van der Waals surface area contributed by atoms with Crippen molar-refractivity contribution >= 4 is 0 Å². The smallest absolute Gasteiger partial charge is 0.0698 e. The van der Waals surface area contributed by atoms with Crippen LogP contribution >= 0.6 is 0 Å². The quantitative estimate of drug-likeness (QED) is 0.780. The molecule has 1 N–H and O–H groups in total. The van der Waals surface area contributed by atoms with Crippen molar-refractivity contribution in [3.05, 3.63) is 0 Å².